The van der Waals surface area contributed by atoms with Crippen molar-refractivity contribution in [1.29, 1.82) is 0 Å². The highest BCUT2D eigenvalue weighted by molar-refractivity contribution is 9.11. The predicted molar refractivity (Wildman–Crippen MR) is 133 cm³/mol. The topological polar surface area (TPSA) is 71.1 Å². The molecule has 1 N–H and O–H groups in total. The van der Waals surface area contributed by atoms with Gasteiger partial charge in [-0.2, -0.15) is 0 Å². The van der Waals surface area contributed by atoms with Crippen molar-refractivity contribution < 1.29 is 19.1 Å². The number of anilines is 2. The molecule has 7 nitrogen and oxygen atoms in total. The number of ether oxygens (including phenoxy) is 2. The van der Waals surface area contributed by atoms with Crippen LogP contribution in [0.1, 0.15) is 22.8 Å². The second-order valence-electron chi connectivity index (χ2n) is 7.52. The molecule has 1 aliphatic heterocycles. The van der Waals surface area contributed by atoms with Crippen LogP contribution in [0.5, 0.6) is 5.75 Å². The minimum atomic E-state index is -0.450. The molecule has 0 unspecified atom stereocenters. The van der Waals surface area contributed by atoms with Gasteiger partial charge in [-0.3, -0.25) is 4.79 Å². The molecule has 0 spiro atoms. The number of nitrogens with one attached hydrogen (secondary N) is 1. The third-order valence-electron chi connectivity index (χ3n) is 5.39. The Bertz CT molecular complexity index is 968. The number of hydrogen-bond donors (Lipinski definition) is 1. The number of methoxy groups -OCH3 is 1. The molecule has 32 heavy (non-hydrogen) atoms. The van der Waals surface area contributed by atoms with E-state index < -0.39 is 5.97 Å². The van der Waals surface area contributed by atoms with E-state index in [0.29, 0.717) is 17.0 Å². The van der Waals surface area contributed by atoms with E-state index in [0.717, 1.165) is 52.9 Å². The molecule has 0 atom stereocenters. The van der Waals surface area contributed by atoms with Crippen LogP contribution in [0.4, 0.5) is 11.4 Å². The number of benzene rings is 2. The largest absolute Gasteiger partial charge is 0.482 e. The quantitative estimate of drug-likeness (QED) is 0.497. The molecule has 0 saturated carbocycles. The van der Waals surface area contributed by atoms with Gasteiger partial charge in [-0.15, -0.1) is 0 Å². The predicted octanol–water partition coefficient (Wildman–Crippen LogP) is 4.47. The Kier molecular flexibility index (Phi) is 8.56. The van der Waals surface area contributed by atoms with Crippen molar-refractivity contribution in [3.63, 3.8) is 0 Å². The summed E-state index contributed by atoms with van der Waals surface area (Å²) < 4.78 is 12.3. The lowest BCUT2D eigenvalue weighted by molar-refractivity contribution is -0.118. The van der Waals surface area contributed by atoms with Gasteiger partial charge >= 0.3 is 5.97 Å². The second-order valence-corrected chi connectivity index (χ2v) is 9.29. The van der Waals surface area contributed by atoms with Gasteiger partial charge in [0.25, 0.3) is 5.91 Å². The monoisotopic (exact) mass is 567 g/mol. The van der Waals surface area contributed by atoms with Crippen LogP contribution in [0.3, 0.4) is 0 Å². The van der Waals surface area contributed by atoms with Crippen molar-refractivity contribution in [2.45, 2.75) is 13.8 Å². The minimum absolute atomic E-state index is 0.160. The van der Waals surface area contributed by atoms with Gasteiger partial charge in [0.1, 0.15) is 5.75 Å². The summed E-state index contributed by atoms with van der Waals surface area (Å²) in [5.41, 5.74) is 2.73. The summed E-state index contributed by atoms with van der Waals surface area (Å²) >= 11 is 6.91. The van der Waals surface area contributed by atoms with E-state index in [1.807, 2.05) is 25.1 Å². The highest BCUT2D eigenvalue weighted by Crippen LogP contribution is 2.33. The van der Waals surface area contributed by atoms with Crippen molar-refractivity contribution >= 4 is 55.1 Å². The van der Waals surface area contributed by atoms with E-state index in [4.69, 9.17) is 9.47 Å². The average Bonchev–Trinajstić information content (AvgIpc) is 2.78. The molecule has 1 fully saturated rings. The number of carbonyl (C=O) groups excluding carboxylic acids is 2. The Balaban J connectivity index is 1.77. The van der Waals surface area contributed by atoms with Crippen molar-refractivity contribution in [2.24, 2.45) is 0 Å². The van der Waals surface area contributed by atoms with Crippen LogP contribution in [0, 0.1) is 6.92 Å². The smallest absolute Gasteiger partial charge is 0.337 e. The first-order valence-corrected chi connectivity index (χ1v) is 12.0. The van der Waals surface area contributed by atoms with Gasteiger partial charge in [-0.1, -0.05) is 22.9 Å². The molecule has 1 amide bonds. The fourth-order valence-electron chi connectivity index (χ4n) is 3.66. The minimum Gasteiger partial charge on any atom is -0.482 e. The van der Waals surface area contributed by atoms with Crippen LogP contribution in [-0.4, -0.2) is 63.2 Å². The average molecular weight is 569 g/mol. The molecule has 2 aromatic carbocycles. The fourth-order valence-corrected chi connectivity index (χ4v) is 5.21. The van der Waals surface area contributed by atoms with Gasteiger partial charge in [0.05, 0.1) is 28.5 Å². The first-order valence-electron chi connectivity index (χ1n) is 10.4. The molecule has 0 bridgehead atoms. The van der Waals surface area contributed by atoms with E-state index in [-0.39, 0.29) is 12.5 Å². The molecule has 0 aliphatic carbocycles. The zero-order chi connectivity index (χ0) is 23.3. The molecule has 1 saturated heterocycles. The van der Waals surface area contributed by atoms with E-state index in [2.05, 4.69) is 53.9 Å². The molecule has 0 radical (unpaired) electrons. The number of piperazine rings is 1. The number of halogens is 2. The molecule has 9 heteroatoms. The molecule has 172 valence electrons. The summed E-state index contributed by atoms with van der Waals surface area (Å²) in [6.07, 6.45) is 0. The number of esters is 1. The summed E-state index contributed by atoms with van der Waals surface area (Å²) in [6.45, 7) is 8.50. The third kappa shape index (κ3) is 6.02. The highest BCUT2D eigenvalue weighted by Gasteiger charge is 2.21. The van der Waals surface area contributed by atoms with Crippen LogP contribution >= 0.6 is 31.9 Å². The molecule has 1 heterocycles. The summed E-state index contributed by atoms with van der Waals surface area (Å²) in [4.78, 5) is 29.4. The molecular formula is C23H27Br2N3O4. The SMILES string of the molecule is CCN1CCN(c2ccc(C(=O)OC)cc2NC(=O)COc2c(C)cc(Br)cc2Br)CC1. The first kappa shape index (κ1) is 24.5. The number of aryl methyl sites for hydroxylation is 1. The maximum atomic E-state index is 12.8. The van der Waals surface area contributed by atoms with Crippen LogP contribution in [0.2, 0.25) is 0 Å². The number of amides is 1. The van der Waals surface area contributed by atoms with Gasteiger partial charge in [-0.05, 0) is 65.3 Å². The van der Waals surface area contributed by atoms with Crippen molar-refractivity contribution in [3.8, 4) is 5.75 Å². The Morgan fingerprint density at radius 1 is 1.09 bits per heavy atom. The normalized spacial score (nSPS) is 14.2. The van der Waals surface area contributed by atoms with Gasteiger partial charge in [0.2, 0.25) is 0 Å². The van der Waals surface area contributed by atoms with Gasteiger partial charge in [0.15, 0.2) is 6.61 Å². The second kappa shape index (κ2) is 11.2. The van der Waals surface area contributed by atoms with E-state index in [9.17, 15) is 9.59 Å². The molecule has 0 aromatic heterocycles. The van der Waals surface area contributed by atoms with Crippen LogP contribution in [0.25, 0.3) is 0 Å². The number of likely N-dealkylation sites (N-methyl/N-ethyl adjacent to an activating group) is 1. The Morgan fingerprint density at radius 2 is 1.81 bits per heavy atom. The van der Waals surface area contributed by atoms with Crippen molar-refractivity contribution in [2.75, 3.05) is 56.7 Å². The Hall–Kier alpha value is -2.10. The van der Waals surface area contributed by atoms with Gasteiger partial charge in [0, 0.05) is 30.7 Å². The molecule has 1 aliphatic rings. The lowest BCUT2D eigenvalue weighted by Crippen LogP contribution is -2.46. The Morgan fingerprint density at radius 3 is 2.44 bits per heavy atom. The highest BCUT2D eigenvalue weighted by atomic mass is 79.9. The third-order valence-corrected chi connectivity index (χ3v) is 6.44. The van der Waals surface area contributed by atoms with Crippen molar-refractivity contribution in [1.82, 2.24) is 4.90 Å². The van der Waals surface area contributed by atoms with E-state index >= 15 is 0 Å². The summed E-state index contributed by atoms with van der Waals surface area (Å²) in [5, 5.41) is 2.92. The fraction of sp³-hybridized carbons (Fsp3) is 0.391. The molecule has 2 aromatic rings. The summed E-state index contributed by atoms with van der Waals surface area (Å²) in [6, 6.07) is 9.04. The number of carbonyl (C=O) groups is 2. The first-order chi connectivity index (χ1) is 15.3. The molecule has 3 rings (SSSR count). The van der Waals surface area contributed by atoms with Crippen LogP contribution in [0.15, 0.2) is 39.3 Å². The van der Waals surface area contributed by atoms with E-state index in [1.54, 1.807) is 12.1 Å². The van der Waals surface area contributed by atoms with E-state index in [1.165, 1.54) is 7.11 Å². The molecular weight excluding hydrogens is 542 g/mol. The number of nitrogens with zero attached hydrogens (tertiary/aromatic N) is 2. The van der Waals surface area contributed by atoms with Gasteiger partial charge < -0.3 is 24.6 Å². The van der Waals surface area contributed by atoms with Crippen LogP contribution in [-0.2, 0) is 9.53 Å². The zero-order valence-corrected chi connectivity index (χ0v) is 21.6. The lowest BCUT2D eigenvalue weighted by atomic mass is 10.1. The van der Waals surface area contributed by atoms with Gasteiger partial charge in [-0.25, -0.2) is 4.79 Å². The lowest BCUT2D eigenvalue weighted by Gasteiger charge is -2.36. The van der Waals surface area contributed by atoms with Crippen LogP contribution < -0.4 is 15.0 Å². The Labute approximate surface area is 205 Å². The summed E-state index contributed by atoms with van der Waals surface area (Å²) in [7, 11) is 1.34. The van der Waals surface area contributed by atoms with Crippen molar-refractivity contribution in [3.05, 3.63) is 50.4 Å². The standard InChI is InChI=1S/C23H27Br2N3O4/c1-4-27-7-9-28(10-8-27)20-6-5-16(23(30)31-3)12-19(20)26-21(29)14-32-22-15(2)11-17(24)13-18(22)25/h5-6,11-13H,4,7-10,14H2,1-3H3,(H,26,29). The number of hydrogen-bond acceptors (Lipinski definition) is 6. The number of rotatable bonds is 7. The maximum Gasteiger partial charge on any atom is 0.337 e. The maximum absolute atomic E-state index is 12.8. The zero-order valence-electron chi connectivity index (χ0n) is 18.4. The summed E-state index contributed by atoms with van der Waals surface area (Å²) in [5.74, 6) is -0.147.